The number of aromatic nitrogens is 3. The molecule has 0 radical (unpaired) electrons. The molecule has 0 spiro atoms. The van der Waals surface area contributed by atoms with E-state index in [1.54, 1.807) is 6.92 Å². The summed E-state index contributed by atoms with van der Waals surface area (Å²) in [6.45, 7) is 2.18. The third-order valence-corrected chi connectivity index (χ3v) is 3.22. The third kappa shape index (κ3) is 3.70. The van der Waals surface area contributed by atoms with E-state index in [1.165, 1.54) is 11.0 Å². The minimum absolute atomic E-state index is 0.106. The van der Waals surface area contributed by atoms with Gasteiger partial charge in [-0.3, -0.25) is 4.79 Å². The van der Waals surface area contributed by atoms with Crippen molar-refractivity contribution in [3.05, 3.63) is 47.0 Å². The Labute approximate surface area is 134 Å². The van der Waals surface area contributed by atoms with E-state index in [0.717, 1.165) is 12.1 Å². The fourth-order valence-corrected chi connectivity index (χ4v) is 2.05. The number of carboxylic acid groups (broad SMARTS) is 1. The zero-order valence-corrected chi connectivity index (χ0v) is 12.5. The van der Waals surface area contributed by atoms with Crippen molar-refractivity contribution < 1.29 is 27.9 Å². The maximum Gasteiger partial charge on any atom is 0.417 e. The van der Waals surface area contributed by atoms with Gasteiger partial charge in [0.05, 0.1) is 23.2 Å². The molecule has 24 heavy (non-hydrogen) atoms. The summed E-state index contributed by atoms with van der Waals surface area (Å²) >= 11 is 0. The van der Waals surface area contributed by atoms with Gasteiger partial charge in [-0.1, -0.05) is 0 Å². The second-order valence-corrected chi connectivity index (χ2v) is 4.74. The normalized spacial score (nSPS) is 11.3. The Morgan fingerprint density at radius 2 is 2.04 bits per heavy atom. The highest BCUT2D eigenvalue weighted by molar-refractivity contribution is 5.97. The van der Waals surface area contributed by atoms with Crippen LogP contribution in [0.1, 0.15) is 39.0 Å². The topological polar surface area (TPSA) is 97.1 Å². The number of carbonyl (C=O) groups excluding carboxylic acids is 1. The number of hydrogen-bond acceptors (Lipinski definition) is 4. The molecule has 0 aliphatic rings. The lowest BCUT2D eigenvalue weighted by Crippen LogP contribution is -2.27. The molecule has 1 amide bonds. The number of carbonyl (C=O) groups is 2. The highest BCUT2D eigenvalue weighted by atomic mass is 19.4. The van der Waals surface area contributed by atoms with E-state index in [9.17, 15) is 22.8 Å². The number of halogens is 3. The van der Waals surface area contributed by atoms with Crippen LogP contribution in [0.2, 0.25) is 0 Å². The molecule has 0 aliphatic carbocycles. The van der Waals surface area contributed by atoms with Crippen molar-refractivity contribution in [2.24, 2.45) is 0 Å². The minimum Gasteiger partial charge on any atom is -0.478 e. The van der Waals surface area contributed by atoms with Crippen molar-refractivity contribution in [1.82, 2.24) is 20.1 Å². The van der Waals surface area contributed by atoms with Crippen molar-refractivity contribution in [3.8, 4) is 0 Å². The Bertz CT molecular complexity index is 771. The Kier molecular flexibility index (Phi) is 4.86. The summed E-state index contributed by atoms with van der Waals surface area (Å²) in [4.78, 5) is 26.8. The number of rotatable bonds is 5. The van der Waals surface area contributed by atoms with Crippen LogP contribution >= 0.6 is 0 Å². The molecule has 10 heteroatoms. The summed E-state index contributed by atoms with van der Waals surface area (Å²) in [6.07, 6.45) is -3.59. The average Bonchev–Trinajstić information content (AvgIpc) is 2.98. The molecule has 0 atom stereocenters. The maximum atomic E-state index is 13.1. The lowest BCUT2D eigenvalue weighted by atomic mass is 10.0. The van der Waals surface area contributed by atoms with Crippen LogP contribution in [-0.2, 0) is 19.3 Å². The predicted molar refractivity (Wildman–Crippen MR) is 75.3 cm³/mol. The highest BCUT2D eigenvalue weighted by Gasteiger charge is 2.36. The Balaban J connectivity index is 2.27. The summed E-state index contributed by atoms with van der Waals surface area (Å²) in [6, 6.07) is 2.22. The average molecular weight is 342 g/mol. The van der Waals surface area contributed by atoms with Crippen LogP contribution in [0.4, 0.5) is 13.2 Å². The number of amides is 1. The Morgan fingerprint density at radius 1 is 1.33 bits per heavy atom. The molecule has 2 aromatic rings. The molecule has 0 bridgehead atoms. The first kappa shape index (κ1) is 17.4. The van der Waals surface area contributed by atoms with Crippen LogP contribution < -0.4 is 5.32 Å². The van der Waals surface area contributed by atoms with Crippen molar-refractivity contribution in [3.63, 3.8) is 0 Å². The van der Waals surface area contributed by atoms with Gasteiger partial charge in [0.15, 0.2) is 0 Å². The summed E-state index contributed by atoms with van der Waals surface area (Å²) in [5, 5.41) is 15.0. The number of benzene rings is 1. The van der Waals surface area contributed by atoms with E-state index in [4.69, 9.17) is 5.11 Å². The largest absolute Gasteiger partial charge is 0.478 e. The first-order chi connectivity index (χ1) is 11.2. The van der Waals surface area contributed by atoms with Gasteiger partial charge in [-0.15, -0.1) is 0 Å². The van der Waals surface area contributed by atoms with Crippen LogP contribution in [-0.4, -0.2) is 31.7 Å². The minimum atomic E-state index is -4.86. The SMILES string of the molecule is CCn1ncnc1CNC(=O)c1ccc(C(=O)O)cc1C(F)(F)F. The molecule has 0 saturated carbocycles. The van der Waals surface area contributed by atoms with Crippen LogP contribution in [0.5, 0.6) is 0 Å². The van der Waals surface area contributed by atoms with E-state index in [0.29, 0.717) is 18.4 Å². The van der Waals surface area contributed by atoms with Crippen LogP contribution in [0, 0.1) is 0 Å². The second kappa shape index (κ2) is 6.69. The molecule has 0 unspecified atom stereocenters. The van der Waals surface area contributed by atoms with Crippen LogP contribution in [0.3, 0.4) is 0 Å². The van der Waals surface area contributed by atoms with E-state index in [1.807, 2.05) is 0 Å². The fourth-order valence-electron chi connectivity index (χ4n) is 2.05. The van der Waals surface area contributed by atoms with Gasteiger partial charge in [-0.05, 0) is 25.1 Å². The lowest BCUT2D eigenvalue weighted by molar-refractivity contribution is -0.137. The molecule has 2 rings (SSSR count). The molecular weight excluding hydrogens is 329 g/mol. The molecule has 1 heterocycles. The van der Waals surface area contributed by atoms with Gasteiger partial charge in [-0.2, -0.15) is 18.3 Å². The first-order valence-corrected chi connectivity index (χ1v) is 6.83. The van der Waals surface area contributed by atoms with Gasteiger partial charge in [-0.25, -0.2) is 14.5 Å². The van der Waals surface area contributed by atoms with Crippen molar-refractivity contribution in [2.45, 2.75) is 26.2 Å². The third-order valence-electron chi connectivity index (χ3n) is 3.22. The van der Waals surface area contributed by atoms with Crippen molar-refractivity contribution >= 4 is 11.9 Å². The quantitative estimate of drug-likeness (QED) is 0.865. The van der Waals surface area contributed by atoms with E-state index >= 15 is 0 Å². The van der Waals surface area contributed by atoms with Crippen LogP contribution in [0.25, 0.3) is 0 Å². The zero-order valence-electron chi connectivity index (χ0n) is 12.5. The molecule has 2 N–H and O–H groups in total. The van der Waals surface area contributed by atoms with Gasteiger partial charge < -0.3 is 10.4 Å². The molecular formula is C14H13F3N4O3. The van der Waals surface area contributed by atoms with Crippen LogP contribution in [0.15, 0.2) is 24.5 Å². The second-order valence-electron chi connectivity index (χ2n) is 4.74. The molecule has 7 nitrogen and oxygen atoms in total. The number of nitrogens with zero attached hydrogens (tertiary/aromatic N) is 3. The smallest absolute Gasteiger partial charge is 0.417 e. The van der Waals surface area contributed by atoms with Gasteiger partial charge >= 0.3 is 12.1 Å². The van der Waals surface area contributed by atoms with Crippen molar-refractivity contribution in [1.29, 1.82) is 0 Å². The monoisotopic (exact) mass is 342 g/mol. The molecule has 1 aromatic carbocycles. The number of aromatic carboxylic acids is 1. The number of nitrogens with one attached hydrogen (secondary N) is 1. The van der Waals surface area contributed by atoms with E-state index in [-0.39, 0.29) is 6.54 Å². The molecule has 0 aliphatic heterocycles. The first-order valence-electron chi connectivity index (χ1n) is 6.83. The highest BCUT2D eigenvalue weighted by Crippen LogP contribution is 2.32. The van der Waals surface area contributed by atoms with Gasteiger partial charge in [0.2, 0.25) is 0 Å². The van der Waals surface area contributed by atoms with Gasteiger partial charge in [0.25, 0.3) is 5.91 Å². The maximum absolute atomic E-state index is 13.1. The number of carboxylic acids is 1. The van der Waals surface area contributed by atoms with Gasteiger partial charge in [0, 0.05) is 6.54 Å². The summed E-state index contributed by atoms with van der Waals surface area (Å²) < 4.78 is 40.7. The summed E-state index contributed by atoms with van der Waals surface area (Å²) in [5.41, 5.74) is -2.52. The zero-order chi connectivity index (χ0) is 17.9. The number of hydrogen-bond donors (Lipinski definition) is 2. The molecule has 128 valence electrons. The van der Waals surface area contributed by atoms with Gasteiger partial charge in [0.1, 0.15) is 12.2 Å². The van der Waals surface area contributed by atoms with E-state index in [2.05, 4.69) is 15.4 Å². The van der Waals surface area contributed by atoms with Crippen molar-refractivity contribution in [2.75, 3.05) is 0 Å². The van der Waals surface area contributed by atoms with E-state index < -0.39 is 34.7 Å². The Morgan fingerprint density at radius 3 is 2.62 bits per heavy atom. The predicted octanol–water partition coefficient (Wildman–Crippen LogP) is 1.94. The number of aryl methyl sites for hydroxylation is 1. The lowest BCUT2D eigenvalue weighted by Gasteiger charge is -2.13. The Hall–Kier alpha value is -2.91. The molecule has 0 fully saturated rings. The standard InChI is InChI=1S/C14H13F3N4O3/c1-2-21-11(19-7-20-21)6-18-12(22)9-4-3-8(13(23)24)5-10(9)14(15,16)17/h3-5,7H,2,6H2,1H3,(H,18,22)(H,23,24). The fraction of sp³-hybridized carbons (Fsp3) is 0.286. The molecule has 1 aromatic heterocycles. The molecule has 0 saturated heterocycles. The summed E-state index contributed by atoms with van der Waals surface area (Å²) in [7, 11) is 0. The summed E-state index contributed by atoms with van der Waals surface area (Å²) in [5.74, 6) is -2.10. The number of alkyl halides is 3.